The van der Waals surface area contributed by atoms with E-state index in [1.165, 1.54) is 0 Å². The van der Waals surface area contributed by atoms with E-state index in [-0.39, 0.29) is 5.91 Å². The molecule has 1 rings (SSSR count). The van der Waals surface area contributed by atoms with E-state index in [1.807, 2.05) is 23.7 Å². The Morgan fingerprint density at radius 3 is 2.60 bits per heavy atom. The van der Waals surface area contributed by atoms with Gasteiger partial charge in [-0.15, -0.1) is 0 Å². The first kappa shape index (κ1) is 12.8. The highest BCUT2D eigenvalue weighted by Gasteiger charge is 2.42. The molecule has 0 radical (unpaired) electrons. The van der Waals surface area contributed by atoms with E-state index in [9.17, 15) is 4.79 Å². The second-order valence-corrected chi connectivity index (χ2v) is 5.54. The quantitative estimate of drug-likeness (QED) is 0.778. The normalized spacial score (nSPS) is 20.5. The molecular formula is C11H22N2OS. The molecule has 4 heteroatoms. The zero-order chi connectivity index (χ0) is 11.5. The number of nitrogens with two attached hydrogens (primary N) is 1. The average Bonchev–Trinajstić information content (AvgIpc) is 2.20. The molecule has 0 spiro atoms. The van der Waals surface area contributed by atoms with Gasteiger partial charge in [0, 0.05) is 13.1 Å². The Hall–Kier alpha value is -0.220. The lowest BCUT2D eigenvalue weighted by Crippen LogP contribution is -2.60. The number of carbonyl (C=O) groups is 1. The molecule has 0 aliphatic heterocycles. The molecule has 1 fully saturated rings. The van der Waals surface area contributed by atoms with Crippen LogP contribution in [0, 0.1) is 0 Å². The van der Waals surface area contributed by atoms with Crippen molar-refractivity contribution in [1.82, 2.24) is 4.90 Å². The molecule has 0 heterocycles. The first-order chi connectivity index (χ1) is 7.01. The summed E-state index contributed by atoms with van der Waals surface area (Å²) in [5.74, 6) is 1.22. The number of rotatable bonds is 5. The Balaban J connectivity index is 2.44. The van der Waals surface area contributed by atoms with Crippen LogP contribution in [0.1, 0.15) is 32.6 Å². The summed E-state index contributed by atoms with van der Waals surface area (Å²) >= 11 is 1.82. The maximum atomic E-state index is 12.0. The van der Waals surface area contributed by atoms with Crippen molar-refractivity contribution in [3.05, 3.63) is 0 Å². The minimum atomic E-state index is -0.539. The van der Waals surface area contributed by atoms with E-state index in [0.717, 1.165) is 31.4 Å². The minimum absolute atomic E-state index is 0.127. The molecule has 1 aliphatic carbocycles. The van der Waals surface area contributed by atoms with Gasteiger partial charge in [0.25, 0.3) is 0 Å². The fourth-order valence-corrected chi connectivity index (χ4v) is 2.38. The van der Waals surface area contributed by atoms with Crippen LogP contribution < -0.4 is 5.73 Å². The van der Waals surface area contributed by atoms with Gasteiger partial charge in [-0.05, 0) is 44.6 Å². The molecule has 1 aliphatic rings. The maximum Gasteiger partial charge on any atom is 0.242 e. The molecule has 1 atom stereocenters. The van der Waals surface area contributed by atoms with Crippen LogP contribution >= 0.6 is 11.8 Å². The van der Waals surface area contributed by atoms with Crippen LogP contribution in [0.3, 0.4) is 0 Å². The molecule has 0 aromatic heterocycles. The van der Waals surface area contributed by atoms with Gasteiger partial charge in [-0.1, -0.05) is 0 Å². The molecule has 0 aromatic rings. The highest BCUT2D eigenvalue weighted by atomic mass is 32.2. The predicted octanol–water partition coefficient (Wildman–Crippen LogP) is 1.47. The van der Waals surface area contributed by atoms with E-state index in [4.69, 9.17) is 5.73 Å². The lowest BCUT2D eigenvalue weighted by Gasteiger charge is -2.41. The first-order valence-corrected chi connectivity index (χ1v) is 6.96. The molecule has 1 unspecified atom stereocenters. The molecule has 1 amide bonds. The van der Waals surface area contributed by atoms with Crippen LogP contribution in [-0.2, 0) is 4.79 Å². The fourth-order valence-electron chi connectivity index (χ4n) is 1.80. The number of likely N-dealkylation sites (N-methyl/N-ethyl adjacent to an activating group) is 1. The van der Waals surface area contributed by atoms with Crippen molar-refractivity contribution < 1.29 is 4.79 Å². The Kier molecular flexibility index (Phi) is 4.46. The third-order valence-electron chi connectivity index (χ3n) is 3.39. The largest absolute Gasteiger partial charge is 0.341 e. The molecule has 1 saturated carbocycles. The van der Waals surface area contributed by atoms with Crippen molar-refractivity contribution in [3.63, 3.8) is 0 Å². The summed E-state index contributed by atoms with van der Waals surface area (Å²) in [6, 6.07) is 0.297. The molecule has 88 valence electrons. The zero-order valence-corrected chi connectivity index (χ0v) is 10.8. The molecule has 2 N–H and O–H groups in total. The molecule has 3 nitrogen and oxygen atoms in total. The molecule has 0 saturated heterocycles. The average molecular weight is 230 g/mol. The van der Waals surface area contributed by atoms with Gasteiger partial charge in [0.15, 0.2) is 0 Å². The number of carbonyl (C=O) groups excluding carboxylic acids is 1. The van der Waals surface area contributed by atoms with Gasteiger partial charge >= 0.3 is 0 Å². The van der Waals surface area contributed by atoms with Crippen molar-refractivity contribution in [2.24, 2.45) is 5.73 Å². The summed E-state index contributed by atoms with van der Waals surface area (Å²) in [4.78, 5) is 13.9. The second-order valence-electron chi connectivity index (χ2n) is 4.56. The van der Waals surface area contributed by atoms with Crippen molar-refractivity contribution >= 4 is 17.7 Å². The SMILES string of the molecule is CSCCC(C)N(C)C(=O)C1(N)CCC1. The fraction of sp³-hybridized carbons (Fsp3) is 0.909. The van der Waals surface area contributed by atoms with Gasteiger partial charge in [-0.3, -0.25) is 4.79 Å². The summed E-state index contributed by atoms with van der Waals surface area (Å²) in [7, 11) is 1.88. The van der Waals surface area contributed by atoms with Crippen LogP contribution in [0.15, 0.2) is 0 Å². The van der Waals surface area contributed by atoms with Crippen LogP contribution in [0.2, 0.25) is 0 Å². The monoisotopic (exact) mass is 230 g/mol. The number of amides is 1. The Bertz CT molecular complexity index is 229. The molecule has 0 aromatic carbocycles. The Labute approximate surface area is 96.8 Å². The topological polar surface area (TPSA) is 46.3 Å². The van der Waals surface area contributed by atoms with Gasteiger partial charge < -0.3 is 10.6 Å². The van der Waals surface area contributed by atoms with Gasteiger partial charge in [-0.25, -0.2) is 0 Å². The third kappa shape index (κ3) is 2.88. The number of thioether (sulfide) groups is 1. The van der Waals surface area contributed by atoms with Crippen LogP contribution in [0.4, 0.5) is 0 Å². The lowest BCUT2D eigenvalue weighted by atomic mass is 9.76. The van der Waals surface area contributed by atoms with Crippen molar-refractivity contribution in [2.45, 2.75) is 44.2 Å². The van der Waals surface area contributed by atoms with E-state index >= 15 is 0 Å². The highest BCUT2D eigenvalue weighted by molar-refractivity contribution is 7.98. The van der Waals surface area contributed by atoms with Gasteiger partial charge in [-0.2, -0.15) is 11.8 Å². The molecule has 15 heavy (non-hydrogen) atoms. The molecule has 0 bridgehead atoms. The number of hydrogen-bond donors (Lipinski definition) is 1. The van der Waals surface area contributed by atoms with E-state index in [0.29, 0.717) is 6.04 Å². The summed E-state index contributed by atoms with van der Waals surface area (Å²) in [6.07, 6.45) is 5.93. The number of hydrogen-bond acceptors (Lipinski definition) is 3. The zero-order valence-electron chi connectivity index (χ0n) is 9.95. The minimum Gasteiger partial charge on any atom is -0.341 e. The summed E-state index contributed by atoms with van der Waals surface area (Å²) in [5.41, 5.74) is 5.48. The molecular weight excluding hydrogens is 208 g/mol. The third-order valence-corrected chi connectivity index (χ3v) is 4.04. The van der Waals surface area contributed by atoms with Crippen LogP contribution in [-0.4, -0.2) is 41.4 Å². The van der Waals surface area contributed by atoms with Crippen molar-refractivity contribution in [2.75, 3.05) is 19.1 Å². The van der Waals surface area contributed by atoms with Crippen molar-refractivity contribution in [1.29, 1.82) is 0 Å². The smallest absolute Gasteiger partial charge is 0.242 e. The van der Waals surface area contributed by atoms with Gasteiger partial charge in [0.05, 0.1) is 5.54 Å². The first-order valence-electron chi connectivity index (χ1n) is 5.56. The van der Waals surface area contributed by atoms with Crippen LogP contribution in [0.25, 0.3) is 0 Å². The summed E-state index contributed by atoms with van der Waals surface area (Å²) < 4.78 is 0. The van der Waals surface area contributed by atoms with Crippen molar-refractivity contribution in [3.8, 4) is 0 Å². The summed E-state index contributed by atoms with van der Waals surface area (Å²) in [6.45, 7) is 2.09. The lowest BCUT2D eigenvalue weighted by molar-refractivity contribution is -0.140. The number of nitrogens with zero attached hydrogens (tertiary/aromatic N) is 1. The predicted molar refractivity (Wildman–Crippen MR) is 66.0 cm³/mol. The Morgan fingerprint density at radius 1 is 1.60 bits per heavy atom. The highest BCUT2D eigenvalue weighted by Crippen LogP contribution is 2.31. The standard InChI is InChI=1S/C11H22N2OS/c1-9(5-8-15-3)13(2)10(14)11(12)6-4-7-11/h9H,4-8,12H2,1-3H3. The van der Waals surface area contributed by atoms with E-state index in [1.54, 1.807) is 0 Å². The maximum absolute atomic E-state index is 12.0. The van der Waals surface area contributed by atoms with E-state index < -0.39 is 5.54 Å². The van der Waals surface area contributed by atoms with Crippen LogP contribution in [0.5, 0.6) is 0 Å². The van der Waals surface area contributed by atoms with Gasteiger partial charge in [0.1, 0.15) is 0 Å². The summed E-state index contributed by atoms with van der Waals surface area (Å²) in [5, 5.41) is 0. The van der Waals surface area contributed by atoms with E-state index in [2.05, 4.69) is 13.2 Å². The Morgan fingerprint density at radius 2 is 2.20 bits per heavy atom. The second kappa shape index (κ2) is 5.21. The van der Waals surface area contributed by atoms with Gasteiger partial charge in [0.2, 0.25) is 5.91 Å².